The van der Waals surface area contributed by atoms with Crippen molar-refractivity contribution in [1.29, 1.82) is 0 Å². The highest BCUT2D eigenvalue weighted by Crippen LogP contribution is 2.28. The van der Waals surface area contributed by atoms with Crippen LogP contribution in [-0.2, 0) is 10.0 Å². The molecule has 0 spiro atoms. The molecule has 3 rings (SSSR count). The molecule has 2 heterocycles. The van der Waals surface area contributed by atoms with Crippen LogP contribution >= 0.6 is 12.4 Å². The molecule has 142 valence electrons. The van der Waals surface area contributed by atoms with E-state index in [2.05, 4.69) is 11.8 Å². The average molecular weight is 387 g/mol. The van der Waals surface area contributed by atoms with Gasteiger partial charge in [-0.2, -0.15) is 4.31 Å². The Kier molecular flexibility index (Phi) is 7.32. The molecule has 1 unspecified atom stereocenters. The molecule has 1 aromatic carbocycles. The first-order valence-corrected chi connectivity index (χ1v) is 10.7. The second-order valence-electron chi connectivity index (χ2n) is 7.54. The number of sulfonamides is 1. The first-order chi connectivity index (χ1) is 11.5. The predicted octanol–water partition coefficient (Wildman–Crippen LogP) is 3.69. The highest BCUT2D eigenvalue weighted by atomic mass is 35.5. The van der Waals surface area contributed by atoms with E-state index >= 15 is 0 Å². The van der Waals surface area contributed by atoms with Crippen molar-refractivity contribution in [2.24, 2.45) is 5.92 Å². The molecular weight excluding hydrogens is 356 g/mol. The van der Waals surface area contributed by atoms with Crippen molar-refractivity contribution in [2.75, 3.05) is 26.2 Å². The van der Waals surface area contributed by atoms with E-state index in [4.69, 9.17) is 0 Å². The molecule has 0 N–H and O–H groups in total. The van der Waals surface area contributed by atoms with Gasteiger partial charge in [0, 0.05) is 12.6 Å². The molecule has 2 aliphatic heterocycles. The Morgan fingerprint density at radius 2 is 1.84 bits per heavy atom. The number of halogens is 1. The van der Waals surface area contributed by atoms with Crippen LogP contribution in [0.3, 0.4) is 0 Å². The molecule has 0 saturated carbocycles. The fourth-order valence-corrected chi connectivity index (χ4v) is 5.77. The van der Waals surface area contributed by atoms with E-state index in [0.29, 0.717) is 11.4 Å². The molecule has 0 amide bonds. The molecule has 0 bridgehead atoms. The lowest BCUT2D eigenvalue weighted by atomic mass is 9.99. The molecule has 0 aliphatic carbocycles. The van der Waals surface area contributed by atoms with Crippen LogP contribution in [0.5, 0.6) is 0 Å². The summed E-state index contributed by atoms with van der Waals surface area (Å²) in [4.78, 5) is 2.96. The Balaban J connectivity index is 0.00000225. The van der Waals surface area contributed by atoms with Crippen LogP contribution < -0.4 is 0 Å². The Labute approximate surface area is 159 Å². The standard InChI is InChI=1S/C19H30N2O2S.ClH/c1-16-8-12-20(13-9-16)14-10-18-6-4-11-21(18)24(22,23)19-7-3-5-17(2)15-19;/h3,5,7,15-16,18H,4,6,8-14H2,1-2H3;1H. The number of hydrogen-bond donors (Lipinski definition) is 0. The van der Waals surface area contributed by atoms with Gasteiger partial charge in [-0.25, -0.2) is 8.42 Å². The van der Waals surface area contributed by atoms with Gasteiger partial charge in [-0.1, -0.05) is 19.1 Å². The third kappa shape index (κ3) is 4.97. The molecule has 0 radical (unpaired) electrons. The molecule has 2 fully saturated rings. The lowest BCUT2D eigenvalue weighted by Crippen LogP contribution is -2.40. The summed E-state index contributed by atoms with van der Waals surface area (Å²) < 4.78 is 27.8. The van der Waals surface area contributed by atoms with Gasteiger partial charge in [-0.05, 0) is 82.3 Å². The number of piperidine rings is 1. The average Bonchev–Trinajstić information content (AvgIpc) is 3.04. The molecule has 1 atom stereocenters. The lowest BCUT2D eigenvalue weighted by Gasteiger charge is -2.32. The smallest absolute Gasteiger partial charge is 0.243 e. The highest BCUT2D eigenvalue weighted by molar-refractivity contribution is 7.89. The van der Waals surface area contributed by atoms with Gasteiger partial charge in [0.25, 0.3) is 0 Å². The zero-order valence-electron chi connectivity index (χ0n) is 15.4. The van der Waals surface area contributed by atoms with Crippen LogP contribution in [0, 0.1) is 12.8 Å². The number of nitrogens with zero attached hydrogens (tertiary/aromatic N) is 2. The van der Waals surface area contributed by atoms with E-state index < -0.39 is 10.0 Å². The predicted molar refractivity (Wildman–Crippen MR) is 105 cm³/mol. The quantitative estimate of drug-likeness (QED) is 0.774. The van der Waals surface area contributed by atoms with Crippen molar-refractivity contribution in [1.82, 2.24) is 9.21 Å². The monoisotopic (exact) mass is 386 g/mol. The minimum atomic E-state index is -3.36. The van der Waals surface area contributed by atoms with Crippen molar-refractivity contribution >= 4 is 22.4 Å². The number of likely N-dealkylation sites (tertiary alicyclic amines) is 1. The van der Waals surface area contributed by atoms with Gasteiger partial charge >= 0.3 is 0 Å². The van der Waals surface area contributed by atoms with E-state index in [1.165, 1.54) is 25.9 Å². The van der Waals surface area contributed by atoms with Gasteiger partial charge in [0.1, 0.15) is 0 Å². The fourth-order valence-electron chi connectivity index (χ4n) is 3.94. The third-order valence-corrected chi connectivity index (χ3v) is 7.52. The minimum absolute atomic E-state index is 0. The van der Waals surface area contributed by atoms with Crippen molar-refractivity contribution in [3.05, 3.63) is 29.8 Å². The van der Waals surface area contributed by atoms with Gasteiger partial charge in [0.2, 0.25) is 10.0 Å². The molecule has 2 saturated heterocycles. The summed E-state index contributed by atoms with van der Waals surface area (Å²) in [5.41, 5.74) is 0.995. The zero-order valence-corrected chi connectivity index (χ0v) is 17.0. The lowest BCUT2D eigenvalue weighted by molar-refractivity contribution is 0.179. The topological polar surface area (TPSA) is 40.6 Å². The van der Waals surface area contributed by atoms with Crippen molar-refractivity contribution in [3.63, 3.8) is 0 Å². The molecular formula is C19H31ClN2O2S. The summed E-state index contributed by atoms with van der Waals surface area (Å²) in [5.74, 6) is 0.839. The Hall–Kier alpha value is -0.620. The molecule has 1 aromatic rings. The van der Waals surface area contributed by atoms with Crippen molar-refractivity contribution in [2.45, 2.75) is 56.9 Å². The summed E-state index contributed by atoms with van der Waals surface area (Å²) in [6.45, 7) is 8.29. The maximum absolute atomic E-state index is 13.0. The summed E-state index contributed by atoms with van der Waals surface area (Å²) in [5, 5.41) is 0. The summed E-state index contributed by atoms with van der Waals surface area (Å²) >= 11 is 0. The normalized spacial score (nSPS) is 23.5. The molecule has 6 heteroatoms. The molecule has 0 aromatic heterocycles. The SMILES string of the molecule is Cc1cccc(S(=O)(=O)N2CCCC2CCN2CCC(C)CC2)c1.Cl. The van der Waals surface area contributed by atoms with Gasteiger partial charge < -0.3 is 4.90 Å². The van der Waals surface area contributed by atoms with E-state index in [9.17, 15) is 8.42 Å². The van der Waals surface area contributed by atoms with Crippen LogP contribution in [0.15, 0.2) is 29.2 Å². The molecule has 4 nitrogen and oxygen atoms in total. The van der Waals surface area contributed by atoms with Crippen molar-refractivity contribution in [3.8, 4) is 0 Å². The minimum Gasteiger partial charge on any atom is -0.303 e. The van der Waals surface area contributed by atoms with E-state index in [1.54, 1.807) is 16.4 Å². The fraction of sp³-hybridized carbons (Fsp3) is 0.684. The largest absolute Gasteiger partial charge is 0.303 e. The van der Waals surface area contributed by atoms with Gasteiger partial charge in [0.15, 0.2) is 0 Å². The molecule has 2 aliphatic rings. The van der Waals surface area contributed by atoms with Crippen LogP contribution in [0.25, 0.3) is 0 Å². The van der Waals surface area contributed by atoms with E-state index in [0.717, 1.165) is 37.3 Å². The van der Waals surface area contributed by atoms with Crippen LogP contribution in [-0.4, -0.2) is 49.8 Å². The first-order valence-electron chi connectivity index (χ1n) is 9.27. The number of benzene rings is 1. The maximum Gasteiger partial charge on any atom is 0.243 e. The Morgan fingerprint density at radius 3 is 2.52 bits per heavy atom. The van der Waals surface area contributed by atoms with Gasteiger partial charge in [0.05, 0.1) is 4.90 Å². The highest BCUT2D eigenvalue weighted by Gasteiger charge is 2.35. The Bertz CT molecular complexity index is 657. The number of rotatable bonds is 5. The zero-order chi connectivity index (χ0) is 17.2. The molecule has 25 heavy (non-hydrogen) atoms. The van der Waals surface area contributed by atoms with Crippen LogP contribution in [0.2, 0.25) is 0 Å². The summed E-state index contributed by atoms with van der Waals surface area (Å²) in [6.07, 6.45) is 5.48. The van der Waals surface area contributed by atoms with E-state index in [-0.39, 0.29) is 18.4 Å². The third-order valence-electron chi connectivity index (χ3n) is 5.57. The second kappa shape index (κ2) is 8.85. The van der Waals surface area contributed by atoms with Crippen LogP contribution in [0.1, 0.15) is 44.6 Å². The summed E-state index contributed by atoms with van der Waals surface area (Å²) in [7, 11) is -3.36. The number of hydrogen-bond acceptors (Lipinski definition) is 3. The number of aryl methyl sites for hydroxylation is 1. The van der Waals surface area contributed by atoms with Gasteiger partial charge in [-0.15, -0.1) is 12.4 Å². The van der Waals surface area contributed by atoms with Crippen molar-refractivity contribution < 1.29 is 8.42 Å². The van der Waals surface area contributed by atoms with Crippen LogP contribution in [0.4, 0.5) is 0 Å². The second-order valence-corrected chi connectivity index (χ2v) is 9.43. The summed E-state index contributed by atoms with van der Waals surface area (Å²) in [6, 6.07) is 7.45. The first kappa shape index (κ1) is 20.7. The van der Waals surface area contributed by atoms with Gasteiger partial charge in [-0.3, -0.25) is 0 Å². The van der Waals surface area contributed by atoms with E-state index in [1.807, 2.05) is 19.1 Å². The maximum atomic E-state index is 13.0. The Morgan fingerprint density at radius 1 is 1.12 bits per heavy atom.